The van der Waals surface area contributed by atoms with Gasteiger partial charge in [0.05, 0.1) is 12.7 Å². The zero-order chi connectivity index (χ0) is 12.1. The van der Waals surface area contributed by atoms with Crippen molar-refractivity contribution in [1.82, 2.24) is 0 Å². The number of benzene rings is 1. The number of carbonyl (C=O) groups excluding carboxylic acids is 1. The fraction of sp³-hybridized carbons (Fsp3) is 0.300. The molecule has 6 heteroatoms. The van der Waals surface area contributed by atoms with E-state index in [0.29, 0.717) is 6.29 Å². The van der Waals surface area contributed by atoms with Crippen LogP contribution >= 0.6 is 11.6 Å². The molecule has 0 saturated carbocycles. The smallest absolute Gasteiger partial charge is 0.272 e. The lowest BCUT2D eigenvalue weighted by Gasteiger charge is -2.12. The van der Waals surface area contributed by atoms with Crippen LogP contribution in [0.1, 0.15) is 10.4 Å². The van der Waals surface area contributed by atoms with Crippen molar-refractivity contribution in [3.05, 3.63) is 22.7 Å². The minimum absolute atomic E-state index is 0.0257. The molecule has 0 bridgehead atoms. The summed E-state index contributed by atoms with van der Waals surface area (Å²) in [6, 6.07) is 2.70. The van der Waals surface area contributed by atoms with E-state index in [4.69, 9.17) is 21.1 Å². The van der Waals surface area contributed by atoms with Crippen LogP contribution in [0.3, 0.4) is 0 Å². The van der Waals surface area contributed by atoms with E-state index >= 15 is 0 Å². The molecule has 0 aromatic heterocycles. The molecule has 0 N–H and O–H groups in total. The zero-order valence-corrected chi connectivity index (χ0v) is 9.13. The predicted molar refractivity (Wildman–Crippen MR) is 54.9 cm³/mol. The number of carbonyl (C=O) groups is 1. The van der Waals surface area contributed by atoms with Gasteiger partial charge in [0.15, 0.2) is 17.8 Å². The van der Waals surface area contributed by atoms with Crippen molar-refractivity contribution in [3.63, 3.8) is 0 Å². The summed E-state index contributed by atoms with van der Waals surface area (Å²) in [5.41, 5.74) is 0.0741. The summed E-state index contributed by atoms with van der Waals surface area (Å²) in [6.45, 7) is -0.807. The first-order valence-corrected chi connectivity index (χ1v) is 4.70. The number of rotatable bonds is 5. The third kappa shape index (κ3) is 3.06. The van der Waals surface area contributed by atoms with Crippen LogP contribution in [0.15, 0.2) is 12.1 Å². The Kier molecular flexibility index (Phi) is 4.49. The zero-order valence-electron chi connectivity index (χ0n) is 8.38. The molecule has 0 unspecified atom stereocenters. The first-order chi connectivity index (χ1) is 7.58. The van der Waals surface area contributed by atoms with Crippen molar-refractivity contribution >= 4 is 17.9 Å². The molecule has 0 fully saturated rings. The van der Waals surface area contributed by atoms with Crippen molar-refractivity contribution in [1.29, 1.82) is 0 Å². The molecular weight excluding hydrogens is 242 g/mol. The fourth-order valence-corrected chi connectivity index (χ4v) is 1.35. The number of alkyl halides is 2. The normalized spacial score (nSPS) is 10.3. The molecule has 0 saturated heterocycles. The molecule has 1 aromatic carbocycles. The molecule has 0 aliphatic rings. The summed E-state index contributed by atoms with van der Waals surface area (Å²) < 4.78 is 33.7. The van der Waals surface area contributed by atoms with Crippen LogP contribution in [0.2, 0.25) is 5.02 Å². The Morgan fingerprint density at radius 2 is 2.19 bits per heavy atom. The fourth-order valence-electron chi connectivity index (χ4n) is 1.13. The highest BCUT2D eigenvalue weighted by Crippen LogP contribution is 2.33. The average Bonchev–Trinajstić information content (AvgIpc) is 2.25. The molecule has 1 aromatic rings. The van der Waals surface area contributed by atoms with Crippen molar-refractivity contribution in [2.45, 2.75) is 6.43 Å². The molecule has 88 valence electrons. The Hall–Kier alpha value is -1.36. The van der Waals surface area contributed by atoms with Crippen LogP contribution in [-0.2, 0) is 0 Å². The van der Waals surface area contributed by atoms with Gasteiger partial charge in [-0.2, -0.15) is 0 Å². The Morgan fingerprint density at radius 1 is 1.50 bits per heavy atom. The van der Waals surface area contributed by atoms with Gasteiger partial charge in [0.2, 0.25) is 0 Å². The summed E-state index contributed by atoms with van der Waals surface area (Å²) in [4.78, 5) is 10.7. The predicted octanol–water partition coefficient (Wildman–Crippen LogP) is 2.81. The summed E-state index contributed by atoms with van der Waals surface area (Å²) in [5.74, 6) is 0.123. The maximum absolute atomic E-state index is 12.0. The lowest BCUT2D eigenvalue weighted by molar-refractivity contribution is 0.0794. The molecule has 0 radical (unpaired) electrons. The molecule has 3 nitrogen and oxygen atoms in total. The Morgan fingerprint density at radius 3 is 2.69 bits per heavy atom. The number of hydrogen-bond acceptors (Lipinski definition) is 3. The van der Waals surface area contributed by atoms with Crippen LogP contribution in [0.25, 0.3) is 0 Å². The maximum atomic E-state index is 12.0. The van der Waals surface area contributed by atoms with Crippen LogP contribution in [0, 0.1) is 0 Å². The van der Waals surface area contributed by atoms with Gasteiger partial charge in [-0.15, -0.1) is 0 Å². The number of ether oxygens (including phenoxy) is 2. The molecule has 0 aliphatic carbocycles. The van der Waals surface area contributed by atoms with Gasteiger partial charge in [0.25, 0.3) is 6.43 Å². The number of methoxy groups -OCH3 is 1. The van der Waals surface area contributed by atoms with E-state index in [2.05, 4.69) is 0 Å². The van der Waals surface area contributed by atoms with E-state index in [9.17, 15) is 13.6 Å². The van der Waals surface area contributed by atoms with Gasteiger partial charge >= 0.3 is 0 Å². The molecular formula is C10H9ClF2O3. The third-order valence-corrected chi connectivity index (χ3v) is 1.97. The SMILES string of the molecule is COc1cc(Cl)cc(C=O)c1OCC(F)F. The lowest BCUT2D eigenvalue weighted by atomic mass is 10.2. The Labute approximate surface area is 95.9 Å². The van der Waals surface area contributed by atoms with E-state index in [-0.39, 0.29) is 22.1 Å². The topological polar surface area (TPSA) is 35.5 Å². The summed E-state index contributed by atoms with van der Waals surface area (Å²) >= 11 is 5.70. The highest BCUT2D eigenvalue weighted by atomic mass is 35.5. The van der Waals surface area contributed by atoms with Gasteiger partial charge < -0.3 is 9.47 Å². The second-order valence-corrected chi connectivity index (χ2v) is 3.28. The summed E-state index contributed by atoms with van der Waals surface area (Å²) in [6.07, 6.45) is -2.16. The number of halogens is 3. The van der Waals surface area contributed by atoms with Gasteiger partial charge in [-0.25, -0.2) is 8.78 Å². The average molecular weight is 251 g/mol. The largest absolute Gasteiger partial charge is 0.493 e. The van der Waals surface area contributed by atoms with Gasteiger partial charge in [-0.1, -0.05) is 11.6 Å². The molecule has 1 rings (SSSR count). The first kappa shape index (κ1) is 12.7. The van der Waals surface area contributed by atoms with Gasteiger partial charge in [0.1, 0.15) is 6.61 Å². The van der Waals surface area contributed by atoms with Crippen molar-refractivity contribution in [3.8, 4) is 11.5 Å². The van der Waals surface area contributed by atoms with Crippen LogP contribution in [0.5, 0.6) is 11.5 Å². The second-order valence-electron chi connectivity index (χ2n) is 2.85. The molecule has 0 aliphatic heterocycles. The van der Waals surface area contributed by atoms with E-state index in [1.807, 2.05) is 0 Å². The van der Waals surface area contributed by atoms with Gasteiger partial charge in [0, 0.05) is 11.1 Å². The minimum Gasteiger partial charge on any atom is -0.493 e. The van der Waals surface area contributed by atoms with Crippen molar-refractivity contribution < 1.29 is 23.0 Å². The van der Waals surface area contributed by atoms with Gasteiger partial charge in [-0.3, -0.25) is 4.79 Å². The molecule has 0 spiro atoms. The van der Waals surface area contributed by atoms with Gasteiger partial charge in [-0.05, 0) is 6.07 Å². The monoisotopic (exact) mass is 250 g/mol. The second kappa shape index (κ2) is 5.65. The quantitative estimate of drug-likeness (QED) is 0.754. The van der Waals surface area contributed by atoms with Crippen molar-refractivity contribution in [2.24, 2.45) is 0 Å². The van der Waals surface area contributed by atoms with Crippen LogP contribution in [-0.4, -0.2) is 26.4 Å². The molecule has 0 atom stereocenters. The molecule has 0 heterocycles. The third-order valence-electron chi connectivity index (χ3n) is 1.75. The summed E-state index contributed by atoms with van der Waals surface area (Å²) in [7, 11) is 1.33. The maximum Gasteiger partial charge on any atom is 0.272 e. The Bertz CT molecular complexity index is 383. The number of aldehydes is 1. The van der Waals surface area contributed by atoms with E-state index in [1.54, 1.807) is 0 Å². The first-order valence-electron chi connectivity index (χ1n) is 4.32. The van der Waals surface area contributed by atoms with Crippen LogP contribution in [0.4, 0.5) is 8.78 Å². The molecule has 0 amide bonds. The Balaban J connectivity index is 3.06. The lowest BCUT2D eigenvalue weighted by Crippen LogP contribution is -2.09. The minimum atomic E-state index is -2.63. The van der Waals surface area contributed by atoms with Crippen molar-refractivity contribution in [2.75, 3.05) is 13.7 Å². The highest BCUT2D eigenvalue weighted by molar-refractivity contribution is 6.31. The standard InChI is InChI=1S/C10H9ClF2O3/c1-15-8-3-7(11)2-6(4-14)10(8)16-5-9(12)13/h2-4,9H,5H2,1H3. The van der Waals surface area contributed by atoms with Crippen LogP contribution < -0.4 is 9.47 Å². The van der Waals surface area contributed by atoms with E-state index in [1.165, 1.54) is 19.2 Å². The van der Waals surface area contributed by atoms with E-state index in [0.717, 1.165) is 0 Å². The van der Waals surface area contributed by atoms with E-state index < -0.39 is 13.0 Å². The summed E-state index contributed by atoms with van der Waals surface area (Å²) in [5, 5.41) is 0.267. The number of hydrogen-bond donors (Lipinski definition) is 0. The molecule has 16 heavy (non-hydrogen) atoms. The highest BCUT2D eigenvalue weighted by Gasteiger charge is 2.14.